The number of alkyl carbamates (subject to hydrolysis) is 1. The van der Waals surface area contributed by atoms with Crippen LogP contribution in [0.5, 0.6) is 0 Å². The van der Waals surface area contributed by atoms with Gasteiger partial charge in [0.2, 0.25) is 0 Å². The lowest BCUT2D eigenvalue weighted by atomic mass is 9.88. The number of hydrogen-bond donors (Lipinski definition) is 3. The van der Waals surface area contributed by atoms with Gasteiger partial charge in [-0.15, -0.1) is 0 Å². The molecule has 0 bridgehead atoms. The van der Waals surface area contributed by atoms with Crippen molar-refractivity contribution in [1.29, 1.82) is 0 Å². The molecular formula is C12H21NO6. The second-order valence-electron chi connectivity index (χ2n) is 6.08. The summed E-state index contributed by atoms with van der Waals surface area (Å²) >= 11 is 0. The van der Waals surface area contributed by atoms with E-state index in [0.717, 1.165) is 0 Å². The highest BCUT2D eigenvalue weighted by molar-refractivity contribution is 5.77. The first-order valence-electron chi connectivity index (χ1n) is 6.02. The lowest BCUT2D eigenvalue weighted by Gasteiger charge is -2.42. The smallest absolute Gasteiger partial charge is 0.408 e. The van der Waals surface area contributed by atoms with Crippen molar-refractivity contribution in [3.63, 3.8) is 0 Å². The molecule has 1 amide bonds. The molecule has 7 heteroatoms. The summed E-state index contributed by atoms with van der Waals surface area (Å²) in [5.41, 5.74) is -1.84. The number of nitrogens with one attached hydrogen (secondary N) is 1. The van der Waals surface area contributed by atoms with Gasteiger partial charge in [-0.25, -0.2) is 9.59 Å². The van der Waals surface area contributed by atoms with Gasteiger partial charge in [-0.05, 0) is 34.6 Å². The third-order valence-corrected chi connectivity index (χ3v) is 2.69. The van der Waals surface area contributed by atoms with Crippen LogP contribution < -0.4 is 5.32 Å². The lowest BCUT2D eigenvalue weighted by molar-refractivity contribution is -0.198. The molecule has 1 fully saturated rings. The van der Waals surface area contributed by atoms with Gasteiger partial charge in [-0.1, -0.05) is 0 Å². The molecule has 0 aromatic rings. The maximum Gasteiger partial charge on any atom is 0.408 e. The molecule has 0 aliphatic carbocycles. The van der Waals surface area contributed by atoms with Gasteiger partial charge in [0.1, 0.15) is 23.3 Å². The highest BCUT2D eigenvalue weighted by atomic mass is 16.6. The summed E-state index contributed by atoms with van der Waals surface area (Å²) in [5.74, 6) is -0.917. The molecule has 0 radical (unpaired) electrons. The van der Waals surface area contributed by atoms with Crippen molar-refractivity contribution in [3.8, 4) is 0 Å². The van der Waals surface area contributed by atoms with Crippen molar-refractivity contribution in [3.05, 3.63) is 0 Å². The zero-order valence-corrected chi connectivity index (χ0v) is 11.8. The Kier molecular flexibility index (Phi) is 4.11. The zero-order chi connectivity index (χ0) is 15.0. The number of esters is 1. The van der Waals surface area contributed by atoms with Gasteiger partial charge in [0.15, 0.2) is 6.10 Å². The van der Waals surface area contributed by atoms with Crippen LogP contribution in [0.3, 0.4) is 0 Å². The zero-order valence-electron chi connectivity index (χ0n) is 11.8. The number of hydrogen-bond acceptors (Lipinski definition) is 6. The summed E-state index contributed by atoms with van der Waals surface area (Å²) < 4.78 is 10.0. The van der Waals surface area contributed by atoms with Gasteiger partial charge in [0.05, 0.1) is 0 Å². The third kappa shape index (κ3) is 3.81. The molecular weight excluding hydrogens is 254 g/mol. The van der Waals surface area contributed by atoms with E-state index in [1.54, 1.807) is 20.8 Å². The summed E-state index contributed by atoms with van der Waals surface area (Å²) in [6, 6.07) is -0.963. The fourth-order valence-corrected chi connectivity index (χ4v) is 1.81. The van der Waals surface area contributed by atoms with E-state index in [1.807, 2.05) is 0 Å². The molecule has 19 heavy (non-hydrogen) atoms. The van der Waals surface area contributed by atoms with Crippen LogP contribution in [0.4, 0.5) is 4.79 Å². The van der Waals surface area contributed by atoms with Gasteiger partial charge in [0, 0.05) is 0 Å². The van der Waals surface area contributed by atoms with Crippen molar-refractivity contribution < 1.29 is 29.3 Å². The van der Waals surface area contributed by atoms with E-state index in [-0.39, 0.29) is 0 Å². The molecule has 0 saturated carbocycles. The standard InChI is InChI=1S/C12H21NO6/c1-11(2,3)19-10(17)13-8-6(14)7(15)9(16)18-12(8,4)5/h6-8,14-15H,1-5H3,(H,13,17)/t6-,7+,8-/m0/s1. The summed E-state index contributed by atoms with van der Waals surface area (Å²) in [7, 11) is 0. The normalized spacial score (nSPS) is 30.5. The van der Waals surface area contributed by atoms with Gasteiger partial charge >= 0.3 is 12.1 Å². The molecule has 0 aromatic heterocycles. The highest BCUT2D eigenvalue weighted by Gasteiger charge is 2.50. The van der Waals surface area contributed by atoms with E-state index in [1.165, 1.54) is 13.8 Å². The molecule has 3 atom stereocenters. The van der Waals surface area contributed by atoms with E-state index < -0.39 is 41.5 Å². The predicted octanol–water partition coefficient (Wildman–Crippen LogP) is -0.0631. The minimum atomic E-state index is -1.69. The fourth-order valence-electron chi connectivity index (χ4n) is 1.81. The van der Waals surface area contributed by atoms with Crippen LogP contribution in [0.15, 0.2) is 0 Å². The molecule has 0 aromatic carbocycles. The van der Waals surface area contributed by atoms with Crippen LogP contribution in [0.1, 0.15) is 34.6 Å². The Labute approximate surface area is 111 Å². The Morgan fingerprint density at radius 3 is 2.37 bits per heavy atom. The Morgan fingerprint density at radius 1 is 1.37 bits per heavy atom. The van der Waals surface area contributed by atoms with Crippen LogP contribution in [0.2, 0.25) is 0 Å². The third-order valence-electron chi connectivity index (χ3n) is 2.69. The predicted molar refractivity (Wildman–Crippen MR) is 65.3 cm³/mol. The van der Waals surface area contributed by atoms with Crippen LogP contribution in [-0.2, 0) is 14.3 Å². The highest BCUT2D eigenvalue weighted by Crippen LogP contribution is 2.26. The largest absolute Gasteiger partial charge is 0.455 e. The topological polar surface area (TPSA) is 105 Å². The van der Waals surface area contributed by atoms with E-state index >= 15 is 0 Å². The number of ether oxygens (including phenoxy) is 2. The number of rotatable bonds is 1. The number of amides is 1. The van der Waals surface area contributed by atoms with Crippen LogP contribution >= 0.6 is 0 Å². The first-order chi connectivity index (χ1) is 8.44. The molecule has 0 spiro atoms. The molecule has 7 nitrogen and oxygen atoms in total. The summed E-state index contributed by atoms with van der Waals surface area (Å²) in [4.78, 5) is 23.0. The van der Waals surface area contributed by atoms with Gasteiger partial charge in [-0.2, -0.15) is 0 Å². The number of aliphatic hydroxyl groups is 2. The van der Waals surface area contributed by atoms with Crippen molar-refractivity contribution in [2.45, 2.75) is 64.1 Å². The molecule has 0 unspecified atom stereocenters. The number of aliphatic hydroxyl groups excluding tert-OH is 2. The average molecular weight is 275 g/mol. The van der Waals surface area contributed by atoms with E-state index in [2.05, 4.69) is 5.32 Å². The fraction of sp³-hybridized carbons (Fsp3) is 0.833. The molecule has 1 rings (SSSR count). The summed E-state index contributed by atoms with van der Waals surface area (Å²) in [6.07, 6.45) is -3.90. The SMILES string of the molecule is CC(C)(C)OC(=O)N[C@H]1[C@@H](O)[C@@H](O)C(=O)OC1(C)C. The molecule has 1 aliphatic rings. The van der Waals surface area contributed by atoms with Crippen molar-refractivity contribution in [1.82, 2.24) is 5.32 Å². The van der Waals surface area contributed by atoms with Gasteiger partial charge in [-0.3, -0.25) is 0 Å². The number of carbonyl (C=O) groups is 2. The van der Waals surface area contributed by atoms with Gasteiger partial charge < -0.3 is 25.0 Å². The first-order valence-corrected chi connectivity index (χ1v) is 6.02. The number of cyclic esters (lactones) is 1. The molecule has 110 valence electrons. The Bertz CT molecular complexity index is 373. The molecule has 1 heterocycles. The molecule has 3 N–H and O–H groups in total. The van der Waals surface area contributed by atoms with Crippen LogP contribution in [-0.4, -0.2) is 51.7 Å². The van der Waals surface area contributed by atoms with Crippen molar-refractivity contribution in [2.24, 2.45) is 0 Å². The van der Waals surface area contributed by atoms with E-state index in [4.69, 9.17) is 9.47 Å². The van der Waals surface area contributed by atoms with Crippen molar-refractivity contribution >= 4 is 12.1 Å². The second-order valence-corrected chi connectivity index (χ2v) is 6.08. The van der Waals surface area contributed by atoms with Crippen LogP contribution in [0.25, 0.3) is 0 Å². The Hall–Kier alpha value is -1.34. The monoisotopic (exact) mass is 275 g/mol. The van der Waals surface area contributed by atoms with E-state index in [0.29, 0.717) is 0 Å². The molecule has 1 aliphatic heterocycles. The maximum atomic E-state index is 11.7. The Balaban J connectivity index is 2.80. The first kappa shape index (κ1) is 15.7. The average Bonchev–Trinajstić information content (AvgIpc) is 2.18. The summed E-state index contributed by atoms with van der Waals surface area (Å²) in [6.45, 7) is 8.15. The molecule has 1 saturated heterocycles. The quantitative estimate of drug-likeness (QED) is 0.579. The maximum absolute atomic E-state index is 11.7. The lowest BCUT2D eigenvalue weighted by Crippen LogP contribution is -2.66. The van der Waals surface area contributed by atoms with E-state index in [9.17, 15) is 19.8 Å². The summed E-state index contributed by atoms with van der Waals surface area (Å²) in [5, 5.41) is 21.8. The minimum Gasteiger partial charge on any atom is -0.455 e. The number of carbonyl (C=O) groups excluding carboxylic acids is 2. The minimum absolute atomic E-state index is 0.691. The van der Waals surface area contributed by atoms with Crippen molar-refractivity contribution in [2.75, 3.05) is 0 Å². The van der Waals surface area contributed by atoms with Crippen LogP contribution in [0, 0.1) is 0 Å². The second kappa shape index (κ2) is 4.97. The Morgan fingerprint density at radius 2 is 1.89 bits per heavy atom. The van der Waals surface area contributed by atoms with Gasteiger partial charge in [0.25, 0.3) is 0 Å².